The first-order valence-corrected chi connectivity index (χ1v) is 11.5. The molecule has 8 nitrogen and oxygen atoms in total. The number of aryl methyl sites for hydroxylation is 1. The number of fused-ring (bicyclic) bond motifs is 2. The van der Waals surface area contributed by atoms with Gasteiger partial charge in [-0.25, -0.2) is 14.4 Å². The van der Waals surface area contributed by atoms with Crippen molar-refractivity contribution in [3.63, 3.8) is 0 Å². The van der Waals surface area contributed by atoms with Gasteiger partial charge in [0.15, 0.2) is 0 Å². The molecule has 0 aliphatic heterocycles. The SMILES string of the molecule is CCc1cc(=O)oc2cc(OC(=O)[C@H](Cc3c[nH]c4ccccc34)NC(=O)OC(C)(C)C)ccc12. The van der Waals surface area contributed by atoms with Gasteiger partial charge in [0, 0.05) is 41.0 Å². The van der Waals surface area contributed by atoms with Crippen LogP contribution in [0.25, 0.3) is 21.9 Å². The Labute approximate surface area is 202 Å². The molecule has 2 aromatic carbocycles. The molecule has 0 aliphatic carbocycles. The number of alkyl carbamates (subject to hydrolysis) is 1. The molecule has 1 amide bonds. The number of H-pyrrole nitrogens is 1. The fraction of sp³-hybridized carbons (Fsp3) is 0.296. The van der Waals surface area contributed by atoms with E-state index in [1.807, 2.05) is 31.2 Å². The van der Waals surface area contributed by atoms with E-state index in [1.165, 1.54) is 12.1 Å². The van der Waals surface area contributed by atoms with Gasteiger partial charge in [-0.05, 0) is 56.5 Å². The molecule has 0 fully saturated rings. The van der Waals surface area contributed by atoms with Crippen LogP contribution in [0.4, 0.5) is 4.79 Å². The molecule has 0 saturated carbocycles. The van der Waals surface area contributed by atoms with Gasteiger partial charge >= 0.3 is 17.7 Å². The molecule has 0 unspecified atom stereocenters. The quantitative estimate of drug-likeness (QED) is 0.233. The second-order valence-corrected chi connectivity index (χ2v) is 9.29. The predicted molar refractivity (Wildman–Crippen MR) is 133 cm³/mol. The number of aromatic amines is 1. The Bertz CT molecular complexity index is 1440. The van der Waals surface area contributed by atoms with Crippen LogP contribution in [-0.2, 0) is 22.4 Å². The van der Waals surface area contributed by atoms with Crippen LogP contribution in [0.3, 0.4) is 0 Å². The fourth-order valence-corrected chi connectivity index (χ4v) is 3.92. The average Bonchev–Trinajstić information content (AvgIpc) is 3.19. The molecule has 0 spiro atoms. The molecule has 1 atom stereocenters. The van der Waals surface area contributed by atoms with Crippen molar-refractivity contribution in [3.05, 3.63) is 76.3 Å². The number of ether oxygens (including phenoxy) is 2. The minimum absolute atomic E-state index is 0.185. The molecule has 182 valence electrons. The summed E-state index contributed by atoms with van der Waals surface area (Å²) >= 11 is 0. The highest BCUT2D eigenvalue weighted by Gasteiger charge is 2.27. The summed E-state index contributed by atoms with van der Waals surface area (Å²) in [4.78, 5) is 40.8. The number of rotatable bonds is 6. The Morgan fingerprint density at radius 2 is 1.83 bits per heavy atom. The average molecular weight is 477 g/mol. The molecule has 4 aromatic rings. The number of amides is 1. The Morgan fingerprint density at radius 3 is 2.57 bits per heavy atom. The highest BCUT2D eigenvalue weighted by molar-refractivity contribution is 5.88. The lowest BCUT2D eigenvalue weighted by Crippen LogP contribution is -2.46. The van der Waals surface area contributed by atoms with Crippen LogP contribution in [0.15, 0.2) is 63.9 Å². The van der Waals surface area contributed by atoms with Crippen LogP contribution in [0.2, 0.25) is 0 Å². The summed E-state index contributed by atoms with van der Waals surface area (Å²) in [5.74, 6) is -0.469. The molecule has 2 aromatic heterocycles. The minimum atomic E-state index is -1.02. The Balaban J connectivity index is 1.61. The third kappa shape index (κ3) is 5.71. The number of hydrogen-bond donors (Lipinski definition) is 2. The molecule has 4 rings (SSSR count). The van der Waals surface area contributed by atoms with Crippen LogP contribution in [0.5, 0.6) is 5.75 Å². The number of carbonyl (C=O) groups is 2. The number of aromatic nitrogens is 1. The molecule has 0 bridgehead atoms. The zero-order valence-corrected chi connectivity index (χ0v) is 20.1. The van der Waals surface area contributed by atoms with Gasteiger partial charge in [0.1, 0.15) is 23.0 Å². The molecule has 35 heavy (non-hydrogen) atoms. The summed E-state index contributed by atoms with van der Waals surface area (Å²) in [6, 6.07) is 13.0. The van der Waals surface area contributed by atoms with E-state index in [1.54, 1.807) is 39.1 Å². The number of para-hydroxylation sites is 1. The van der Waals surface area contributed by atoms with E-state index >= 15 is 0 Å². The summed E-state index contributed by atoms with van der Waals surface area (Å²) in [5, 5.41) is 4.35. The van der Waals surface area contributed by atoms with E-state index in [0.717, 1.165) is 27.4 Å². The molecular formula is C27H28N2O6. The van der Waals surface area contributed by atoms with Crippen LogP contribution in [0.1, 0.15) is 38.8 Å². The first-order valence-electron chi connectivity index (χ1n) is 11.5. The van der Waals surface area contributed by atoms with E-state index in [0.29, 0.717) is 12.0 Å². The van der Waals surface area contributed by atoms with Crippen molar-refractivity contribution in [3.8, 4) is 5.75 Å². The third-order valence-corrected chi connectivity index (χ3v) is 5.48. The second-order valence-electron chi connectivity index (χ2n) is 9.29. The standard InChI is InChI=1S/C27H28N2O6/c1-5-16-13-24(30)34-23-14-18(10-11-20(16)23)33-25(31)22(29-26(32)35-27(2,3)4)12-17-15-28-21-9-7-6-8-19(17)21/h6-11,13-15,22,28H,5,12H2,1-4H3,(H,29,32)/t22-/m0/s1. The molecule has 0 saturated heterocycles. The molecular weight excluding hydrogens is 448 g/mol. The van der Waals surface area contributed by atoms with E-state index in [2.05, 4.69) is 10.3 Å². The summed E-state index contributed by atoms with van der Waals surface area (Å²) in [6.07, 6.45) is 1.92. The summed E-state index contributed by atoms with van der Waals surface area (Å²) in [7, 11) is 0. The summed E-state index contributed by atoms with van der Waals surface area (Å²) in [6.45, 7) is 7.17. The van der Waals surface area contributed by atoms with Gasteiger partial charge < -0.3 is 24.2 Å². The van der Waals surface area contributed by atoms with Gasteiger partial charge in [-0.15, -0.1) is 0 Å². The van der Waals surface area contributed by atoms with Crippen LogP contribution >= 0.6 is 0 Å². The Morgan fingerprint density at radius 1 is 1.06 bits per heavy atom. The second kappa shape index (κ2) is 9.66. The van der Waals surface area contributed by atoms with Gasteiger partial charge in [0.05, 0.1) is 0 Å². The van der Waals surface area contributed by atoms with Crippen molar-refractivity contribution in [2.45, 2.75) is 52.2 Å². The van der Waals surface area contributed by atoms with Crippen LogP contribution < -0.4 is 15.7 Å². The molecule has 8 heteroatoms. The molecule has 2 N–H and O–H groups in total. The maximum atomic E-state index is 13.2. The Hall–Kier alpha value is -4.07. The number of hydrogen-bond acceptors (Lipinski definition) is 6. The minimum Gasteiger partial charge on any atom is -0.444 e. The van der Waals surface area contributed by atoms with Crippen LogP contribution in [-0.4, -0.2) is 28.7 Å². The zero-order valence-electron chi connectivity index (χ0n) is 20.1. The monoisotopic (exact) mass is 476 g/mol. The van der Waals surface area contributed by atoms with Gasteiger partial charge in [0.2, 0.25) is 0 Å². The highest BCUT2D eigenvalue weighted by Crippen LogP contribution is 2.24. The number of carbonyl (C=O) groups excluding carboxylic acids is 2. The topological polar surface area (TPSA) is 111 Å². The molecule has 0 radical (unpaired) electrons. The highest BCUT2D eigenvalue weighted by atomic mass is 16.6. The maximum absolute atomic E-state index is 13.2. The summed E-state index contributed by atoms with van der Waals surface area (Å²) in [5.41, 5.74) is 1.73. The van der Waals surface area contributed by atoms with Crippen molar-refractivity contribution in [2.75, 3.05) is 0 Å². The van der Waals surface area contributed by atoms with Crippen LogP contribution in [0, 0.1) is 0 Å². The lowest BCUT2D eigenvalue weighted by molar-refractivity contribution is -0.136. The largest absolute Gasteiger partial charge is 0.444 e. The predicted octanol–water partition coefficient (Wildman–Crippen LogP) is 4.88. The van der Waals surface area contributed by atoms with Gasteiger partial charge in [-0.3, -0.25) is 0 Å². The van der Waals surface area contributed by atoms with E-state index in [4.69, 9.17) is 13.9 Å². The van der Waals surface area contributed by atoms with Crippen molar-refractivity contribution < 1.29 is 23.5 Å². The van der Waals surface area contributed by atoms with Crippen molar-refractivity contribution in [1.29, 1.82) is 0 Å². The zero-order chi connectivity index (χ0) is 25.2. The first-order chi connectivity index (χ1) is 16.6. The lowest BCUT2D eigenvalue weighted by Gasteiger charge is -2.23. The number of esters is 1. The Kier molecular flexibility index (Phi) is 6.64. The third-order valence-electron chi connectivity index (χ3n) is 5.48. The van der Waals surface area contributed by atoms with Gasteiger partial charge in [-0.2, -0.15) is 0 Å². The molecule has 2 heterocycles. The fourth-order valence-electron chi connectivity index (χ4n) is 3.92. The lowest BCUT2D eigenvalue weighted by atomic mass is 10.0. The normalized spacial score (nSPS) is 12.5. The molecule has 0 aliphatic rings. The van der Waals surface area contributed by atoms with Crippen molar-refractivity contribution in [2.24, 2.45) is 0 Å². The van der Waals surface area contributed by atoms with Gasteiger partial charge in [0.25, 0.3) is 0 Å². The number of nitrogens with one attached hydrogen (secondary N) is 2. The smallest absolute Gasteiger partial charge is 0.408 e. The van der Waals surface area contributed by atoms with E-state index in [9.17, 15) is 14.4 Å². The van der Waals surface area contributed by atoms with Crippen molar-refractivity contribution in [1.82, 2.24) is 10.3 Å². The summed E-state index contributed by atoms with van der Waals surface area (Å²) < 4.78 is 16.3. The van der Waals surface area contributed by atoms with E-state index in [-0.39, 0.29) is 12.2 Å². The van der Waals surface area contributed by atoms with Gasteiger partial charge in [-0.1, -0.05) is 25.1 Å². The van der Waals surface area contributed by atoms with Crippen molar-refractivity contribution >= 4 is 33.9 Å². The number of benzene rings is 2. The first kappa shape index (κ1) is 24.1. The maximum Gasteiger partial charge on any atom is 0.408 e. The van der Waals surface area contributed by atoms with E-state index < -0.39 is 29.3 Å².